The van der Waals surface area contributed by atoms with Crippen LogP contribution in [0.3, 0.4) is 0 Å². The lowest BCUT2D eigenvalue weighted by molar-refractivity contribution is -0.142. The Morgan fingerprint density at radius 3 is 2.61 bits per heavy atom. The minimum absolute atomic E-state index is 0.0294. The Labute approximate surface area is 194 Å². The molecule has 0 atom stereocenters. The van der Waals surface area contributed by atoms with E-state index in [1.54, 1.807) is 24.3 Å². The van der Waals surface area contributed by atoms with Gasteiger partial charge in [0, 0.05) is 12.1 Å². The number of nitrogens with zero attached hydrogens (tertiary/aromatic N) is 4. The Hall–Kier alpha value is -2.85. The van der Waals surface area contributed by atoms with Crippen molar-refractivity contribution in [2.75, 3.05) is 33.3 Å². The lowest BCUT2D eigenvalue weighted by Gasteiger charge is -2.17. The lowest BCUT2D eigenvalue weighted by Crippen LogP contribution is -2.30. The van der Waals surface area contributed by atoms with E-state index in [-0.39, 0.29) is 22.1 Å². The molecule has 0 bridgehead atoms. The molecule has 0 spiro atoms. The summed E-state index contributed by atoms with van der Waals surface area (Å²) in [7, 11) is 1.46. The zero-order chi connectivity index (χ0) is 24.2. The number of alkyl halides is 3. The van der Waals surface area contributed by atoms with Crippen molar-refractivity contribution in [3.63, 3.8) is 0 Å². The number of nitrogens with one attached hydrogen (secondary N) is 1. The van der Waals surface area contributed by atoms with Gasteiger partial charge in [0.15, 0.2) is 17.0 Å². The average Bonchev–Trinajstić information content (AvgIpc) is 3.14. The summed E-state index contributed by atoms with van der Waals surface area (Å²) in [4.78, 5) is 19.1. The Morgan fingerprint density at radius 1 is 1.24 bits per heavy atom. The minimum Gasteiger partial charge on any atom is -0.497 e. The van der Waals surface area contributed by atoms with Crippen LogP contribution in [0.15, 0.2) is 30.3 Å². The number of ether oxygens (including phenoxy) is 1. The summed E-state index contributed by atoms with van der Waals surface area (Å²) in [6.07, 6.45) is -4.06. The van der Waals surface area contributed by atoms with Gasteiger partial charge >= 0.3 is 6.18 Å². The largest absolute Gasteiger partial charge is 0.497 e. The highest BCUT2D eigenvalue weighted by atomic mass is 35.5. The number of hydrogen-bond acceptors (Lipinski definition) is 5. The molecule has 178 valence electrons. The van der Waals surface area contributed by atoms with E-state index >= 15 is 0 Å². The number of rotatable bonds is 9. The van der Waals surface area contributed by atoms with Crippen LogP contribution in [0.5, 0.6) is 5.75 Å². The van der Waals surface area contributed by atoms with E-state index in [0.29, 0.717) is 28.8 Å². The predicted molar refractivity (Wildman–Crippen MR) is 120 cm³/mol. The average molecular weight is 484 g/mol. The normalized spacial score (nSPS) is 11.9. The number of amides is 1. The van der Waals surface area contributed by atoms with E-state index < -0.39 is 17.8 Å². The molecule has 2 heterocycles. The Kier molecular flexibility index (Phi) is 7.80. The van der Waals surface area contributed by atoms with Gasteiger partial charge in [-0.25, -0.2) is 9.50 Å². The lowest BCUT2D eigenvalue weighted by atomic mass is 10.1. The van der Waals surface area contributed by atoms with E-state index in [1.807, 2.05) is 13.8 Å². The minimum atomic E-state index is -4.75. The van der Waals surface area contributed by atoms with Gasteiger partial charge in [-0.3, -0.25) is 4.79 Å². The summed E-state index contributed by atoms with van der Waals surface area (Å²) < 4.78 is 47.2. The van der Waals surface area contributed by atoms with Gasteiger partial charge in [-0.15, -0.1) is 0 Å². The number of carbonyl (C=O) groups is 1. The summed E-state index contributed by atoms with van der Waals surface area (Å²) in [5.41, 5.74) is -1.21. The molecule has 0 radical (unpaired) electrons. The van der Waals surface area contributed by atoms with Crippen molar-refractivity contribution >= 4 is 23.2 Å². The van der Waals surface area contributed by atoms with Crippen LogP contribution in [-0.2, 0) is 6.18 Å². The molecule has 0 aliphatic carbocycles. The van der Waals surface area contributed by atoms with Gasteiger partial charge in [-0.2, -0.15) is 18.3 Å². The Bertz CT molecular complexity index is 1130. The third-order valence-corrected chi connectivity index (χ3v) is 5.58. The number of benzene rings is 1. The molecular formula is C22H25ClF3N5O2. The van der Waals surface area contributed by atoms with Crippen LogP contribution in [0.1, 0.15) is 36.5 Å². The molecular weight excluding hydrogens is 459 g/mol. The van der Waals surface area contributed by atoms with Crippen LogP contribution in [0.2, 0.25) is 5.02 Å². The standard InChI is InChI=1S/C22H25ClF3N5O2/c1-4-30(5-2)11-7-10-27-21(32)19-18(23)20-28-16(14-8-6-9-15(12-14)33-3)13-17(22(24,25)26)31(20)29-19/h6,8-9,12-13H,4-5,7,10-11H2,1-3H3,(H,27,32). The van der Waals surface area contributed by atoms with Crippen LogP contribution >= 0.6 is 11.6 Å². The first-order valence-electron chi connectivity index (χ1n) is 10.5. The molecule has 33 heavy (non-hydrogen) atoms. The Balaban J connectivity index is 1.95. The van der Waals surface area contributed by atoms with Gasteiger partial charge < -0.3 is 15.0 Å². The fourth-order valence-corrected chi connectivity index (χ4v) is 3.64. The Morgan fingerprint density at radius 2 is 1.97 bits per heavy atom. The van der Waals surface area contributed by atoms with Gasteiger partial charge in [-0.1, -0.05) is 37.6 Å². The van der Waals surface area contributed by atoms with Crippen molar-refractivity contribution in [3.05, 3.63) is 46.7 Å². The smallest absolute Gasteiger partial charge is 0.433 e. The molecule has 0 saturated carbocycles. The first-order chi connectivity index (χ1) is 15.7. The molecule has 0 aliphatic heterocycles. The highest BCUT2D eigenvalue weighted by molar-refractivity contribution is 6.36. The summed E-state index contributed by atoms with van der Waals surface area (Å²) in [6, 6.07) is 7.35. The maximum absolute atomic E-state index is 13.8. The fraction of sp³-hybridized carbons (Fsp3) is 0.409. The topological polar surface area (TPSA) is 71.8 Å². The molecule has 0 saturated heterocycles. The third kappa shape index (κ3) is 5.56. The molecule has 7 nitrogen and oxygen atoms in total. The van der Waals surface area contributed by atoms with Gasteiger partial charge in [0.25, 0.3) is 5.91 Å². The quantitative estimate of drug-likeness (QED) is 0.452. The second-order valence-electron chi connectivity index (χ2n) is 7.29. The molecule has 1 N–H and O–H groups in total. The molecule has 1 aromatic carbocycles. The zero-order valence-electron chi connectivity index (χ0n) is 18.5. The summed E-state index contributed by atoms with van der Waals surface area (Å²) >= 11 is 6.29. The van der Waals surface area contributed by atoms with Gasteiger partial charge in [-0.05, 0) is 44.3 Å². The highest BCUT2D eigenvalue weighted by Crippen LogP contribution is 2.35. The molecule has 0 unspecified atom stereocenters. The summed E-state index contributed by atoms with van der Waals surface area (Å²) in [5, 5.41) is 6.28. The van der Waals surface area contributed by atoms with Crippen LogP contribution in [0.4, 0.5) is 13.2 Å². The molecule has 3 rings (SSSR count). The highest BCUT2D eigenvalue weighted by Gasteiger charge is 2.36. The molecule has 0 fully saturated rings. The molecule has 3 aromatic rings. The van der Waals surface area contributed by atoms with Crippen molar-refractivity contribution in [2.45, 2.75) is 26.4 Å². The van der Waals surface area contributed by atoms with E-state index in [0.717, 1.165) is 25.7 Å². The zero-order valence-corrected chi connectivity index (χ0v) is 19.3. The van der Waals surface area contributed by atoms with Crippen LogP contribution in [0, 0.1) is 0 Å². The van der Waals surface area contributed by atoms with Crippen molar-refractivity contribution in [1.29, 1.82) is 0 Å². The van der Waals surface area contributed by atoms with Gasteiger partial charge in [0.05, 0.1) is 12.8 Å². The maximum Gasteiger partial charge on any atom is 0.433 e. The van der Waals surface area contributed by atoms with Crippen molar-refractivity contribution < 1.29 is 22.7 Å². The van der Waals surface area contributed by atoms with E-state index in [1.165, 1.54) is 7.11 Å². The van der Waals surface area contributed by atoms with E-state index in [2.05, 4.69) is 20.3 Å². The fourth-order valence-electron chi connectivity index (χ4n) is 3.40. The predicted octanol–water partition coefficient (Wildman–Crippen LogP) is 4.54. The first-order valence-corrected chi connectivity index (χ1v) is 10.9. The van der Waals surface area contributed by atoms with E-state index in [9.17, 15) is 18.0 Å². The summed E-state index contributed by atoms with van der Waals surface area (Å²) in [5.74, 6) is -0.187. The van der Waals surface area contributed by atoms with Gasteiger partial charge in [0.2, 0.25) is 0 Å². The summed E-state index contributed by atoms with van der Waals surface area (Å²) in [6.45, 7) is 7.01. The molecule has 11 heteroatoms. The van der Waals surface area contributed by atoms with Crippen LogP contribution in [-0.4, -0.2) is 58.7 Å². The molecule has 2 aromatic heterocycles. The molecule has 1 amide bonds. The van der Waals surface area contributed by atoms with Crippen molar-refractivity contribution in [2.24, 2.45) is 0 Å². The van der Waals surface area contributed by atoms with Crippen LogP contribution in [0.25, 0.3) is 16.9 Å². The number of hydrogen-bond donors (Lipinski definition) is 1. The molecule has 0 aliphatic rings. The second kappa shape index (κ2) is 10.4. The monoisotopic (exact) mass is 483 g/mol. The number of fused-ring (bicyclic) bond motifs is 1. The number of aromatic nitrogens is 3. The number of methoxy groups -OCH3 is 1. The SMILES string of the molecule is CCN(CC)CCCNC(=O)c1nn2c(C(F)(F)F)cc(-c3cccc(OC)c3)nc2c1Cl. The second-order valence-corrected chi connectivity index (χ2v) is 7.67. The van der Waals surface area contributed by atoms with Crippen molar-refractivity contribution in [1.82, 2.24) is 24.8 Å². The third-order valence-electron chi connectivity index (χ3n) is 5.23. The van der Waals surface area contributed by atoms with Gasteiger partial charge in [0.1, 0.15) is 10.8 Å². The number of carbonyl (C=O) groups excluding carboxylic acids is 1. The number of halogens is 4. The van der Waals surface area contributed by atoms with Crippen LogP contribution < -0.4 is 10.1 Å². The maximum atomic E-state index is 13.8. The van der Waals surface area contributed by atoms with E-state index in [4.69, 9.17) is 16.3 Å². The van der Waals surface area contributed by atoms with Crippen molar-refractivity contribution in [3.8, 4) is 17.0 Å². The first kappa shape index (κ1) is 24.8.